The Morgan fingerprint density at radius 3 is 2.80 bits per heavy atom. The Morgan fingerprint density at radius 1 is 1.50 bits per heavy atom. The lowest BCUT2D eigenvalue weighted by molar-refractivity contribution is -0.148. The number of hydrogen-bond acceptors (Lipinski definition) is 4. The SMILES string of the molecule is COC(=O)C(CN)(CC1CCOC1)c1ccccc1C. The van der Waals surface area contributed by atoms with Gasteiger partial charge in [-0.2, -0.15) is 0 Å². The van der Waals surface area contributed by atoms with Gasteiger partial charge in [0.1, 0.15) is 5.41 Å². The molecule has 1 heterocycles. The molecule has 1 fully saturated rings. The van der Waals surface area contributed by atoms with Gasteiger partial charge in [-0.15, -0.1) is 0 Å². The van der Waals surface area contributed by atoms with Crippen molar-refractivity contribution in [2.24, 2.45) is 11.7 Å². The highest BCUT2D eigenvalue weighted by atomic mass is 16.5. The number of esters is 1. The molecule has 2 unspecified atom stereocenters. The van der Waals surface area contributed by atoms with Crippen LogP contribution in [0.1, 0.15) is 24.0 Å². The largest absolute Gasteiger partial charge is 0.468 e. The van der Waals surface area contributed by atoms with Gasteiger partial charge in [0.25, 0.3) is 0 Å². The minimum atomic E-state index is -0.765. The summed E-state index contributed by atoms with van der Waals surface area (Å²) in [5.41, 5.74) is 7.30. The third-order valence-electron chi connectivity index (χ3n) is 4.25. The summed E-state index contributed by atoms with van der Waals surface area (Å²) in [7, 11) is 1.43. The van der Waals surface area contributed by atoms with Crippen molar-refractivity contribution < 1.29 is 14.3 Å². The van der Waals surface area contributed by atoms with Gasteiger partial charge in [0.15, 0.2) is 0 Å². The maximum absolute atomic E-state index is 12.5. The van der Waals surface area contributed by atoms with E-state index in [1.165, 1.54) is 7.11 Å². The number of aryl methyl sites for hydroxylation is 1. The van der Waals surface area contributed by atoms with E-state index in [1.807, 2.05) is 31.2 Å². The van der Waals surface area contributed by atoms with Gasteiger partial charge >= 0.3 is 5.97 Å². The van der Waals surface area contributed by atoms with Gasteiger partial charge in [0.05, 0.1) is 7.11 Å². The second-order valence-electron chi connectivity index (χ2n) is 5.53. The molecule has 2 atom stereocenters. The number of benzene rings is 1. The molecule has 0 bridgehead atoms. The van der Waals surface area contributed by atoms with E-state index in [0.29, 0.717) is 18.9 Å². The molecule has 2 N–H and O–H groups in total. The summed E-state index contributed by atoms with van der Waals surface area (Å²) >= 11 is 0. The van der Waals surface area contributed by atoms with Gasteiger partial charge in [0.2, 0.25) is 0 Å². The van der Waals surface area contributed by atoms with Crippen LogP contribution in [0.4, 0.5) is 0 Å². The molecule has 1 saturated heterocycles. The van der Waals surface area contributed by atoms with Crippen LogP contribution in [0.25, 0.3) is 0 Å². The van der Waals surface area contributed by atoms with Crippen LogP contribution in [0, 0.1) is 12.8 Å². The Kier molecular flexibility index (Phi) is 4.78. The second kappa shape index (κ2) is 6.37. The highest BCUT2D eigenvalue weighted by molar-refractivity contribution is 5.84. The molecule has 1 aliphatic heterocycles. The minimum Gasteiger partial charge on any atom is -0.468 e. The number of carbonyl (C=O) groups is 1. The van der Waals surface area contributed by atoms with Gasteiger partial charge in [-0.3, -0.25) is 4.79 Å². The van der Waals surface area contributed by atoms with Crippen molar-refractivity contribution in [3.05, 3.63) is 35.4 Å². The highest BCUT2D eigenvalue weighted by Crippen LogP contribution is 2.36. The Balaban J connectivity index is 2.41. The minimum absolute atomic E-state index is 0.249. The molecule has 0 saturated carbocycles. The molecular formula is C16H23NO3. The van der Waals surface area contributed by atoms with Crippen molar-refractivity contribution in [2.75, 3.05) is 26.9 Å². The molecule has 0 aliphatic carbocycles. The van der Waals surface area contributed by atoms with E-state index in [0.717, 1.165) is 24.2 Å². The molecule has 4 heteroatoms. The number of nitrogens with two attached hydrogens (primary N) is 1. The highest BCUT2D eigenvalue weighted by Gasteiger charge is 2.43. The van der Waals surface area contributed by atoms with E-state index in [4.69, 9.17) is 15.2 Å². The molecule has 0 radical (unpaired) electrons. The standard InChI is InChI=1S/C16H23NO3/c1-12-5-3-4-6-14(12)16(11-17,15(18)19-2)9-13-7-8-20-10-13/h3-6,13H,7-11,17H2,1-2H3. The molecule has 110 valence electrons. The first kappa shape index (κ1) is 15.0. The fourth-order valence-electron chi connectivity index (χ4n) is 3.12. The quantitative estimate of drug-likeness (QED) is 0.834. The van der Waals surface area contributed by atoms with Crippen molar-refractivity contribution in [3.63, 3.8) is 0 Å². The van der Waals surface area contributed by atoms with Gasteiger partial charge in [-0.05, 0) is 36.8 Å². The second-order valence-corrected chi connectivity index (χ2v) is 5.53. The van der Waals surface area contributed by atoms with Crippen LogP contribution in [-0.4, -0.2) is 32.8 Å². The Hall–Kier alpha value is -1.39. The third-order valence-corrected chi connectivity index (χ3v) is 4.25. The smallest absolute Gasteiger partial charge is 0.317 e. The van der Waals surface area contributed by atoms with E-state index < -0.39 is 5.41 Å². The molecule has 2 rings (SSSR count). The van der Waals surface area contributed by atoms with Crippen molar-refractivity contribution in [2.45, 2.75) is 25.2 Å². The molecule has 0 amide bonds. The van der Waals surface area contributed by atoms with Gasteiger partial charge in [-0.1, -0.05) is 24.3 Å². The number of methoxy groups -OCH3 is 1. The summed E-state index contributed by atoms with van der Waals surface area (Å²) < 4.78 is 10.5. The zero-order valence-corrected chi connectivity index (χ0v) is 12.2. The van der Waals surface area contributed by atoms with Gasteiger partial charge < -0.3 is 15.2 Å². The lowest BCUT2D eigenvalue weighted by Gasteiger charge is -2.33. The van der Waals surface area contributed by atoms with Crippen molar-refractivity contribution in [1.82, 2.24) is 0 Å². The van der Waals surface area contributed by atoms with Crippen LogP contribution in [0.2, 0.25) is 0 Å². The normalized spacial score (nSPS) is 21.4. The van der Waals surface area contributed by atoms with Crippen LogP contribution < -0.4 is 5.73 Å². The maximum Gasteiger partial charge on any atom is 0.317 e. The molecular weight excluding hydrogens is 254 g/mol. The topological polar surface area (TPSA) is 61.5 Å². The first-order valence-corrected chi connectivity index (χ1v) is 7.06. The van der Waals surface area contributed by atoms with Crippen LogP contribution in [0.15, 0.2) is 24.3 Å². The summed E-state index contributed by atoms with van der Waals surface area (Å²) in [6.45, 7) is 3.72. The Bertz CT molecular complexity index is 469. The summed E-state index contributed by atoms with van der Waals surface area (Å²) in [6, 6.07) is 7.90. The fourth-order valence-corrected chi connectivity index (χ4v) is 3.12. The van der Waals surface area contributed by atoms with E-state index in [2.05, 4.69) is 0 Å². The third kappa shape index (κ3) is 2.72. The zero-order valence-electron chi connectivity index (χ0n) is 12.2. The van der Waals surface area contributed by atoms with E-state index >= 15 is 0 Å². The van der Waals surface area contributed by atoms with E-state index in [-0.39, 0.29) is 12.5 Å². The maximum atomic E-state index is 12.5. The Morgan fingerprint density at radius 2 is 2.25 bits per heavy atom. The fraction of sp³-hybridized carbons (Fsp3) is 0.562. The van der Waals surface area contributed by atoms with Crippen molar-refractivity contribution in [1.29, 1.82) is 0 Å². The van der Waals surface area contributed by atoms with Gasteiger partial charge in [-0.25, -0.2) is 0 Å². The number of carbonyl (C=O) groups excluding carboxylic acids is 1. The predicted molar refractivity (Wildman–Crippen MR) is 77.5 cm³/mol. The summed E-state index contributed by atoms with van der Waals surface area (Å²) in [5, 5.41) is 0. The lowest BCUT2D eigenvalue weighted by atomic mass is 9.72. The van der Waals surface area contributed by atoms with Crippen LogP contribution in [-0.2, 0) is 19.7 Å². The van der Waals surface area contributed by atoms with E-state index in [9.17, 15) is 4.79 Å². The number of hydrogen-bond donors (Lipinski definition) is 1. The van der Waals surface area contributed by atoms with Crippen LogP contribution in [0.5, 0.6) is 0 Å². The summed E-state index contributed by atoms with van der Waals surface area (Å²) in [4.78, 5) is 12.5. The molecule has 4 nitrogen and oxygen atoms in total. The number of rotatable bonds is 5. The van der Waals surface area contributed by atoms with Gasteiger partial charge in [0, 0.05) is 19.8 Å². The first-order valence-electron chi connectivity index (χ1n) is 7.06. The summed E-state index contributed by atoms with van der Waals surface area (Å²) in [5.74, 6) is 0.110. The molecule has 1 aliphatic rings. The molecule has 1 aromatic rings. The van der Waals surface area contributed by atoms with Crippen molar-refractivity contribution >= 4 is 5.97 Å². The molecule has 1 aromatic carbocycles. The Labute approximate surface area is 120 Å². The van der Waals surface area contributed by atoms with E-state index in [1.54, 1.807) is 0 Å². The molecule has 20 heavy (non-hydrogen) atoms. The van der Waals surface area contributed by atoms with Crippen LogP contribution >= 0.6 is 0 Å². The van der Waals surface area contributed by atoms with Crippen molar-refractivity contribution in [3.8, 4) is 0 Å². The average molecular weight is 277 g/mol. The lowest BCUT2D eigenvalue weighted by Crippen LogP contribution is -2.46. The number of ether oxygens (including phenoxy) is 2. The molecule has 0 spiro atoms. The monoisotopic (exact) mass is 277 g/mol. The van der Waals surface area contributed by atoms with Crippen LogP contribution in [0.3, 0.4) is 0 Å². The molecule has 0 aromatic heterocycles. The first-order chi connectivity index (χ1) is 9.64. The zero-order chi connectivity index (χ0) is 14.6. The average Bonchev–Trinajstić information content (AvgIpc) is 2.97. The predicted octanol–water partition coefficient (Wildman–Crippen LogP) is 1.79. The summed E-state index contributed by atoms with van der Waals surface area (Å²) in [6.07, 6.45) is 1.66.